The molecule has 2 N–H and O–H groups in total. The van der Waals surface area contributed by atoms with Gasteiger partial charge < -0.3 is 20.0 Å². The molecule has 0 saturated heterocycles. The largest absolute Gasteiger partial charge is 0.480 e. The Kier molecular flexibility index (Phi) is 5.37. The lowest BCUT2D eigenvalue weighted by molar-refractivity contribution is -0.140. The van der Waals surface area contributed by atoms with Crippen LogP contribution in [0, 0.1) is 0 Å². The summed E-state index contributed by atoms with van der Waals surface area (Å²) in [7, 11) is 0. The number of aliphatic carboxylic acids is 1. The number of hydrogen-bond donors (Lipinski definition) is 2. The lowest BCUT2D eigenvalue weighted by Crippen LogP contribution is -2.41. The van der Waals surface area contributed by atoms with E-state index in [-0.39, 0.29) is 13.0 Å². The smallest absolute Gasteiger partial charge is 0.408 e. The molecule has 0 aromatic heterocycles. The number of hydrogen-bond acceptors (Lipinski definition) is 4. The fourth-order valence-electron chi connectivity index (χ4n) is 1.22. The van der Waals surface area contributed by atoms with Gasteiger partial charge in [0.1, 0.15) is 18.9 Å². The third kappa shape index (κ3) is 4.65. The van der Waals surface area contributed by atoms with Crippen LogP contribution in [0.4, 0.5) is 4.79 Å². The molecule has 1 atom stereocenters. The van der Waals surface area contributed by atoms with Crippen LogP contribution in [0.2, 0.25) is 0 Å². The van der Waals surface area contributed by atoms with Crippen molar-refractivity contribution in [3.05, 3.63) is 35.9 Å². The highest BCUT2D eigenvalue weighted by molar-refractivity contribution is 5.82. The molecule has 0 bridgehead atoms. The number of carboxylic acid groups (broad SMARTS) is 1. The van der Waals surface area contributed by atoms with Gasteiger partial charge in [0.2, 0.25) is 0 Å². The van der Waals surface area contributed by atoms with Gasteiger partial charge in [-0.3, -0.25) is 0 Å². The van der Waals surface area contributed by atoms with Crippen molar-refractivity contribution in [1.82, 2.24) is 5.32 Å². The third-order valence-corrected chi connectivity index (χ3v) is 2.13. The summed E-state index contributed by atoms with van der Waals surface area (Å²) < 4.78 is 4.83. The van der Waals surface area contributed by atoms with E-state index >= 15 is 0 Å². The van der Waals surface area contributed by atoms with Crippen LogP contribution in [0.25, 0.3) is 0 Å². The van der Waals surface area contributed by atoms with Gasteiger partial charge in [-0.25, -0.2) is 9.59 Å². The van der Waals surface area contributed by atoms with Crippen LogP contribution in [-0.4, -0.2) is 29.5 Å². The minimum absolute atomic E-state index is 0.0418. The summed E-state index contributed by atoms with van der Waals surface area (Å²) in [5.41, 5.74) is 0.787. The average Bonchev–Trinajstić information content (AvgIpc) is 2.37. The molecule has 6 heteroatoms. The predicted molar refractivity (Wildman–Crippen MR) is 61.9 cm³/mol. The zero-order valence-corrected chi connectivity index (χ0v) is 9.54. The number of carbonyl (C=O) groups excluding carboxylic acids is 2. The quantitative estimate of drug-likeness (QED) is 0.734. The second-order valence-electron chi connectivity index (χ2n) is 3.50. The number of ether oxygens (including phenoxy) is 1. The number of carboxylic acids is 1. The van der Waals surface area contributed by atoms with E-state index < -0.39 is 18.1 Å². The van der Waals surface area contributed by atoms with Crippen molar-refractivity contribution in [3.8, 4) is 0 Å². The number of amides is 1. The Labute approximate surface area is 104 Å². The zero-order chi connectivity index (χ0) is 13.4. The summed E-state index contributed by atoms with van der Waals surface area (Å²) >= 11 is 0. The zero-order valence-electron chi connectivity index (χ0n) is 9.54. The number of carbonyl (C=O) groups is 3. The molecule has 6 nitrogen and oxygen atoms in total. The van der Waals surface area contributed by atoms with Gasteiger partial charge in [0.25, 0.3) is 0 Å². The van der Waals surface area contributed by atoms with E-state index in [4.69, 9.17) is 9.84 Å². The van der Waals surface area contributed by atoms with E-state index in [1.165, 1.54) is 0 Å². The summed E-state index contributed by atoms with van der Waals surface area (Å²) in [4.78, 5) is 32.2. The molecule has 1 rings (SSSR count). The molecule has 0 aliphatic rings. The van der Waals surface area contributed by atoms with E-state index in [2.05, 4.69) is 5.32 Å². The van der Waals surface area contributed by atoms with Crippen molar-refractivity contribution in [2.24, 2.45) is 0 Å². The molecule has 0 saturated carbocycles. The van der Waals surface area contributed by atoms with Gasteiger partial charge in [-0.05, 0) is 5.56 Å². The highest BCUT2D eigenvalue weighted by atomic mass is 16.5. The van der Waals surface area contributed by atoms with Crippen LogP contribution in [0.5, 0.6) is 0 Å². The molecule has 0 spiro atoms. The van der Waals surface area contributed by atoms with E-state index in [9.17, 15) is 14.4 Å². The molecule has 1 aromatic carbocycles. The maximum absolute atomic E-state index is 11.3. The van der Waals surface area contributed by atoms with E-state index in [1.54, 1.807) is 24.3 Å². The Morgan fingerprint density at radius 1 is 1.33 bits per heavy atom. The second kappa shape index (κ2) is 7.05. The maximum Gasteiger partial charge on any atom is 0.408 e. The first-order valence-electron chi connectivity index (χ1n) is 5.27. The summed E-state index contributed by atoms with van der Waals surface area (Å²) in [5.74, 6) is -1.28. The molecule has 1 aromatic rings. The van der Waals surface area contributed by atoms with Gasteiger partial charge in [-0.15, -0.1) is 0 Å². The maximum atomic E-state index is 11.3. The van der Waals surface area contributed by atoms with Gasteiger partial charge in [0.15, 0.2) is 0 Å². The van der Waals surface area contributed by atoms with Gasteiger partial charge in [-0.1, -0.05) is 30.3 Å². The van der Waals surface area contributed by atoms with Crippen molar-refractivity contribution in [2.45, 2.75) is 19.1 Å². The molecule has 18 heavy (non-hydrogen) atoms. The van der Waals surface area contributed by atoms with Crippen molar-refractivity contribution in [1.29, 1.82) is 0 Å². The molecule has 0 aliphatic heterocycles. The molecule has 1 unspecified atom stereocenters. The molecule has 0 aliphatic carbocycles. The predicted octanol–water partition coefficient (Wildman–Crippen LogP) is 0.955. The summed E-state index contributed by atoms with van der Waals surface area (Å²) in [6.07, 6.45) is -0.737. The Hall–Kier alpha value is -2.37. The average molecular weight is 251 g/mol. The topological polar surface area (TPSA) is 92.7 Å². The van der Waals surface area contributed by atoms with Crippen LogP contribution < -0.4 is 5.32 Å². The Bertz CT molecular complexity index is 418. The first-order valence-corrected chi connectivity index (χ1v) is 5.27. The molecular weight excluding hydrogens is 238 g/mol. The van der Waals surface area contributed by atoms with Crippen LogP contribution in [-0.2, 0) is 20.9 Å². The van der Waals surface area contributed by atoms with E-state index in [0.29, 0.717) is 6.29 Å². The first kappa shape index (κ1) is 13.7. The van der Waals surface area contributed by atoms with Gasteiger partial charge in [-0.2, -0.15) is 0 Å². The molecule has 0 radical (unpaired) electrons. The van der Waals surface area contributed by atoms with E-state index in [0.717, 1.165) is 5.56 Å². The Morgan fingerprint density at radius 3 is 2.56 bits per heavy atom. The molecule has 96 valence electrons. The minimum atomic E-state index is -1.28. The van der Waals surface area contributed by atoms with Crippen molar-refractivity contribution >= 4 is 18.3 Å². The van der Waals surface area contributed by atoms with E-state index in [1.807, 2.05) is 6.07 Å². The summed E-state index contributed by atoms with van der Waals surface area (Å²) in [5, 5.41) is 10.8. The normalized spacial score (nSPS) is 11.3. The molecule has 1 amide bonds. The highest BCUT2D eigenvalue weighted by Gasteiger charge is 2.19. The number of aldehydes is 1. The number of nitrogens with one attached hydrogen (secondary N) is 1. The van der Waals surface area contributed by atoms with Crippen molar-refractivity contribution < 1.29 is 24.2 Å². The summed E-state index contributed by atoms with van der Waals surface area (Å²) in [6, 6.07) is 7.70. The lowest BCUT2D eigenvalue weighted by Gasteiger charge is -2.11. The van der Waals surface area contributed by atoms with Crippen LogP contribution in [0.1, 0.15) is 12.0 Å². The third-order valence-electron chi connectivity index (χ3n) is 2.13. The van der Waals surface area contributed by atoms with Crippen molar-refractivity contribution in [2.75, 3.05) is 0 Å². The van der Waals surface area contributed by atoms with Crippen LogP contribution >= 0.6 is 0 Å². The highest BCUT2D eigenvalue weighted by Crippen LogP contribution is 2.01. The molecular formula is C12H13NO5. The van der Waals surface area contributed by atoms with Gasteiger partial charge >= 0.3 is 12.1 Å². The lowest BCUT2D eigenvalue weighted by atomic mass is 10.2. The molecule has 0 fully saturated rings. The van der Waals surface area contributed by atoms with Crippen LogP contribution in [0.15, 0.2) is 30.3 Å². The Balaban J connectivity index is 2.41. The fraction of sp³-hybridized carbons (Fsp3) is 0.250. The monoisotopic (exact) mass is 251 g/mol. The minimum Gasteiger partial charge on any atom is -0.480 e. The SMILES string of the molecule is O=CCC(NC(=O)OCc1ccccc1)C(=O)O. The van der Waals surface area contributed by atoms with Gasteiger partial charge in [0.05, 0.1) is 0 Å². The van der Waals surface area contributed by atoms with Gasteiger partial charge in [0, 0.05) is 6.42 Å². The summed E-state index contributed by atoms with van der Waals surface area (Å²) in [6.45, 7) is 0.0418. The number of benzene rings is 1. The number of alkyl carbamates (subject to hydrolysis) is 1. The second-order valence-corrected chi connectivity index (χ2v) is 3.50. The van der Waals surface area contributed by atoms with Crippen molar-refractivity contribution in [3.63, 3.8) is 0 Å². The fourth-order valence-corrected chi connectivity index (χ4v) is 1.22. The number of rotatable bonds is 6. The Morgan fingerprint density at radius 2 is 2.00 bits per heavy atom. The standard InChI is InChI=1S/C12H13NO5/c14-7-6-10(11(15)16)13-12(17)18-8-9-4-2-1-3-5-9/h1-5,7,10H,6,8H2,(H,13,17)(H,15,16). The first-order chi connectivity index (χ1) is 8.63. The van der Waals surface area contributed by atoms with Crippen LogP contribution in [0.3, 0.4) is 0 Å². The molecule has 0 heterocycles.